The first kappa shape index (κ1) is 13.6. The summed E-state index contributed by atoms with van der Waals surface area (Å²) in [5, 5.41) is 3.48. The van der Waals surface area contributed by atoms with E-state index in [-0.39, 0.29) is 0 Å². The number of furan rings is 1. The Morgan fingerprint density at radius 1 is 1.37 bits per heavy atom. The number of nitrogens with one attached hydrogen (secondary N) is 1. The molecule has 4 heteroatoms. The molecular weight excluding hydrogens is 240 g/mol. The first-order chi connectivity index (χ1) is 9.28. The van der Waals surface area contributed by atoms with E-state index in [2.05, 4.69) is 17.2 Å². The van der Waals surface area contributed by atoms with E-state index in [9.17, 15) is 0 Å². The topological polar surface area (TPSA) is 47.3 Å². The molecule has 0 aliphatic carbocycles. The monoisotopic (exact) mass is 260 g/mol. The molecule has 0 saturated heterocycles. The van der Waals surface area contributed by atoms with Crippen LogP contribution in [-0.4, -0.2) is 18.1 Å². The third-order valence-electron chi connectivity index (χ3n) is 3.07. The van der Waals surface area contributed by atoms with Crippen molar-refractivity contribution in [2.45, 2.75) is 32.4 Å². The zero-order valence-electron chi connectivity index (χ0n) is 11.4. The maximum atomic E-state index is 5.32. The van der Waals surface area contributed by atoms with E-state index in [1.165, 1.54) is 0 Å². The van der Waals surface area contributed by atoms with Crippen LogP contribution < -0.4 is 10.1 Å². The van der Waals surface area contributed by atoms with Gasteiger partial charge in [0.25, 0.3) is 0 Å². The Hall–Kier alpha value is -1.81. The number of nitrogens with zero attached hydrogens (tertiary/aromatic N) is 1. The molecule has 0 amide bonds. The maximum absolute atomic E-state index is 5.32. The Balaban J connectivity index is 1.71. The lowest BCUT2D eigenvalue weighted by molar-refractivity contribution is 0.397. The molecule has 0 spiro atoms. The fourth-order valence-electron chi connectivity index (χ4n) is 1.84. The van der Waals surface area contributed by atoms with Crippen molar-refractivity contribution in [2.24, 2.45) is 0 Å². The molecule has 0 aliphatic rings. The summed E-state index contributed by atoms with van der Waals surface area (Å²) in [5.74, 6) is 1.69. The van der Waals surface area contributed by atoms with Gasteiger partial charge in [-0.3, -0.25) is 0 Å². The van der Waals surface area contributed by atoms with Crippen LogP contribution in [0, 0.1) is 0 Å². The Morgan fingerprint density at radius 2 is 2.26 bits per heavy atom. The molecule has 2 heterocycles. The number of methoxy groups -OCH3 is 1. The van der Waals surface area contributed by atoms with Gasteiger partial charge < -0.3 is 14.5 Å². The number of hydrogen-bond donors (Lipinski definition) is 1. The molecule has 0 saturated carbocycles. The van der Waals surface area contributed by atoms with Gasteiger partial charge in [-0.1, -0.05) is 6.07 Å². The minimum absolute atomic E-state index is 0.437. The quantitative estimate of drug-likeness (QED) is 0.831. The zero-order chi connectivity index (χ0) is 13.5. The molecule has 0 fully saturated rings. The molecule has 0 aromatic carbocycles. The second-order valence-electron chi connectivity index (χ2n) is 4.61. The summed E-state index contributed by atoms with van der Waals surface area (Å²) in [6, 6.07) is 8.28. The molecule has 2 rings (SSSR count). The molecule has 1 N–H and O–H groups in total. The number of aromatic nitrogens is 1. The summed E-state index contributed by atoms with van der Waals surface area (Å²) in [4.78, 5) is 4.18. The van der Waals surface area contributed by atoms with E-state index in [0.29, 0.717) is 11.9 Å². The van der Waals surface area contributed by atoms with Crippen molar-refractivity contribution in [1.82, 2.24) is 10.3 Å². The van der Waals surface area contributed by atoms with E-state index in [1.807, 2.05) is 30.5 Å². The highest BCUT2D eigenvalue weighted by Gasteiger charge is 2.04. The van der Waals surface area contributed by atoms with Gasteiger partial charge in [-0.05, 0) is 31.0 Å². The predicted octanol–water partition coefficient (Wildman–Crippen LogP) is 2.79. The average Bonchev–Trinajstić information content (AvgIpc) is 2.96. The van der Waals surface area contributed by atoms with Crippen LogP contribution in [0.15, 0.2) is 41.1 Å². The highest BCUT2D eigenvalue weighted by Crippen LogP contribution is 2.08. The minimum Gasteiger partial charge on any atom is -0.481 e. The molecule has 0 bridgehead atoms. The van der Waals surface area contributed by atoms with Gasteiger partial charge >= 0.3 is 0 Å². The zero-order valence-corrected chi connectivity index (χ0v) is 11.4. The highest BCUT2D eigenvalue weighted by atomic mass is 16.5. The summed E-state index contributed by atoms with van der Waals surface area (Å²) in [6.45, 7) is 3.00. The first-order valence-electron chi connectivity index (χ1n) is 6.52. The molecule has 102 valence electrons. The third kappa shape index (κ3) is 4.41. The molecule has 1 unspecified atom stereocenters. The molecule has 2 aromatic rings. The summed E-state index contributed by atoms with van der Waals surface area (Å²) in [6.07, 6.45) is 5.57. The summed E-state index contributed by atoms with van der Waals surface area (Å²) in [7, 11) is 1.62. The van der Waals surface area contributed by atoms with Crippen LogP contribution in [0.5, 0.6) is 5.88 Å². The molecule has 1 atom stereocenters. The predicted molar refractivity (Wildman–Crippen MR) is 74.1 cm³/mol. The normalized spacial score (nSPS) is 12.3. The van der Waals surface area contributed by atoms with E-state index in [0.717, 1.165) is 30.7 Å². The smallest absolute Gasteiger partial charge is 0.212 e. The number of ether oxygens (including phenoxy) is 1. The van der Waals surface area contributed by atoms with Gasteiger partial charge in [-0.15, -0.1) is 0 Å². The van der Waals surface area contributed by atoms with Gasteiger partial charge in [0, 0.05) is 31.3 Å². The van der Waals surface area contributed by atoms with Crippen molar-refractivity contribution >= 4 is 0 Å². The van der Waals surface area contributed by atoms with E-state index in [4.69, 9.17) is 9.15 Å². The number of rotatable bonds is 7. The van der Waals surface area contributed by atoms with Crippen LogP contribution in [0.2, 0.25) is 0 Å². The number of hydrogen-bond acceptors (Lipinski definition) is 4. The molecule has 19 heavy (non-hydrogen) atoms. The van der Waals surface area contributed by atoms with Crippen molar-refractivity contribution in [3.8, 4) is 5.88 Å². The van der Waals surface area contributed by atoms with Gasteiger partial charge in [0.2, 0.25) is 5.88 Å². The largest absolute Gasteiger partial charge is 0.481 e. The maximum Gasteiger partial charge on any atom is 0.212 e. The van der Waals surface area contributed by atoms with Gasteiger partial charge in [0.05, 0.1) is 13.4 Å². The van der Waals surface area contributed by atoms with Gasteiger partial charge in [0.15, 0.2) is 0 Å². The fraction of sp³-hybridized carbons (Fsp3) is 0.400. The molecular formula is C15H20N2O2. The van der Waals surface area contributed by atoms with Gasteiger partial charge in [-0.25, -0.2) is 4.98 Å². The van der Waals surface area contributed by atoms with Crippen LogP contribution >= 0.6 is 0 Å². The second kappa shape index (κ2) is 6.95. The standard InChI is InChI=1S/C15H20N2O2/c1-12(5-7-14-4-3-9-19-14)16-10-13-6-8-15(18-2)17-11-13/h3-4,6,8-9,11-12,16H,5,7,10H2,1-2H3. The van der Waals surface area contributed by atoms with Crippen LogP contribution in [0.25, 0.3) is 0 Å². The second-order valence-corrected chi connectivity index (χ2v) is 4.61. The Morgan fingerprint density at radius 3 is 2.89 bits per heavy atom. The van der Waals surface area contributed by atoms with Gasteiger partial charge in [-0.2, -0.15) is 0 Å². The van der Waals surface area contributed by atoms with Crippen molar-refractivity contribution < 1.29 is 9.15 Å². The van der Waals surface area contributed by atoms with E-state index >= 15 is 0 Å². The Kier molecular flexibility index (Phi) is 4.98. The third-order valence-corrected chi connectivity index (χ3v) is 3.07. The number of aryl methyl sites for hydroxylation is 1. The fourth-order valence-corrected chi connectivity index (χ4v) is 1.84. The summed E-state index contributed by atoms with van der Waals surface area (Å²) in [5.41, 5.74) is 1.16. The molecule has 2 aromatic heterocycles. The van der Waals surface area contributed by atoms with Crippen molar-refractivity contribution in [3.05, 3.63) is 48.0 Å². The van der Waals surface area contributed by atoms with Crippen LogP contribution in [0.1, 0.15) is 24.7 Å². The summed E-state index contributed by atoms with van der Waals surface area (Å²) < 4.78 is 10.4. The van der Waals surface area contributed by atoms with Crippen molar-refractivity contribution in [3.63, 3.8) is 0 Å². The lowest BCUT2D eigenvalue weighted by Gasteiger charge is -2.13. The minimum atomic E-state index is 0.437. The first-order valence-corrected chi connectivity index (χ1v) is 6.52. The lowest BCUT2D eigenvalue weighted by Crippen LogP contribution is -2.25. The SMILES string of the molecule is COc1ccc(CNC(C)CCc2ccco2)cn1. The Bertz CT molecular complexity index is 465. The van der Waals surface area contributed by atoms with Crippen LogP contribution in [0.4, 0.5) is 0 Å². The lowest BCUT2D eigenvalue weighted by atomic mass is 10.1. The van der Waals surface area contributed by atoms with Gasteiger partial charge in [0.1, 0.15) is 5.76 Å². The van der Waals surface area contributed by atoms with E-state index in [1.54, 1.807) is 13.4 Å². The van der Waals surface area contributed by atoms with Crippen molar-refractivity contribution in [1.29, 1.82) is 0 Å². The van der Waals surface area contributed by atoms with Crippen LogP contribution in [-0.2, 0) is 13.0 Å². The van der Waals surface area contributed by atoms with Crippen LogP contribution in [0.3, 0.4) is 0 Å². The van der Waals surface area contributed by atoms with E-state index < -0.39 is 0 Å². The molecule has 0 aliphatic heterocycles. The molecule has 0 radical (unpaired) electrons. The molecule has 4 nitrogen and oxygen atoms in total. The highest BCUT2D eigenvalue weighted by molar-refractivity contribution is 5.17. The summed E-state index contributed by atoms with van der Waals surface area (Å²) >= 11 is 0. The number of pyridine rings is 1. The Labute approximate surface area is 113 Å². The average molecular weight is 260 g/mol. The van der Waals surface area contributed by atoms with Crippen molar-refractivity contribution in [2.75, 3.05) is 7.11 Å².